The van der Waals surface area contributed by atoms with E-state index in [1.54, 1.807) is 18.3 Å². The van der Waals surface area contributed by atoms with E-state index in [9.17, 15) is 4.79 Å². The van der Waals surface area contributed by atoms with Gasteiger partial charge in [0, 0.05) is 0 Å². The normalized spacial score (nSPS) is 10.0. The van der Waals surface area contributed by atoms with Crippen LogP contribution in [0.15, 0.2) is 48.7 Å². The van der Waals surface area contributed by atoms with Gasteiger partial charge in [0.15, 0.2) is 0 Å². The van der Waals surface area contributed by atoms with Crippen molar-refractivity contribution in [3.8, 4) is 0 Å². The molecule has 0 aliphatic rings. The Bertz CT molecular complexity index is 540. The fraction of sp³-hybridized carbons (Fsp3) is 0. The van der Waals surface area contributed by atoms with Crippen LogP contribution in [-0.2, 0) is 0 Å². The van der Waals surface area contributed by atoms with Crippen molar-refractivity contribution in [3.05, 3.63) is 48.7 Å². The minimum atomic E-state index is -0.302. The van der Waals surface area contributed by atoms with Crippen molar-refractivity contribution in [2.45, 2.75) is 0 Å². The summed E-state index contributed by atoms with van der Waals surface area (Å²) in [5.74, 6) is 0.523. The molecule has 0 spiro atoms. The van der Waals surface area contributed by atoms with E-state index in [1.165, 1.54) is 4.35 Å². The molecule has 5 heteroatoms. The summed E-state index contributed by atoms with van der Waals surface area (Å²) < 4.78 is 1.22. The molecular weight excluding hydrogens is 289 g/mol. The summed E-state index contributed by atoms with van der Waals surface area (Å²) >= 11 is -0.0219. The molecule has 0 bridgehead atoms. The summed E-state index contributed by atoms with van der Waals surface area (Å²) in [6, 6.07) is 12.7. The Morgan fingerprint density at radius 3 is 2.50 bits per heavy atom. The second-order valence-electron chi connectivity index (χ2n) is 3.50. The van der Waals surface area contributed by atoms with Crippen LogP contribution in [0.25, 0.3) is 0 Å². The number of nitrogens with one attached hydrogen (secondary N) is 2. The van der Waals surface area contributed by atoms with E-state index in [0.29, 0.717) is 5.82 Å². The summed E-state index contributed by atoms with van der Waals surface area (Å²) in [6.45, 7) is 0. The number of aromatic nitrogens is 1. The molecule has 1 aromatic carbocycles. The molecule has 0 fully saturated rings. The number of carbonyl (C=O) groups excluding carboxylic acids is 1. The van der Waals surface area contributed by atoms with E-state index in [1.807, 2.05) is 30.3 Å². The average molecular weight is 301 g/mol. The third kappa shape index (κ3) is 3.54. The molecule has 2 aromatic rings. The van der Waals surface area contributed by atoms with Crippen LogP contribution in [0, 0.1) is 0 Å². The van der Waals surface area contributed by atoms with E-state index in [-0.39, 0.29) is 21.3 Å². The monoisotopic (exact) mass is 301 g/mol. The van der Waals surface area contributed by atoms with E-state index in [0.717, 1.165) is 5.69 Å². The number of hydrogen-bond acceptors (Lipinski definition) is 2. The Hall–Kier alpha value is -1.93. The zero-order valence-corrected chi connectivity index (χ0v) is 11.5. The van der Waals surface area contributed by atoms with Gasteiger partial charge in [0.05, 0.1) is 0 Å². The standard InChI is InChI=1S/C13H12AsN3O/c1-14-10-5-7-11(8-6-10)16-13(18)17-12-4-2-3-9-15-12/h2-9H,1H2,(H2,15,16,17,18). The maximum absolute atomic E-state index is 11.7. The van der Waals surface area contributed by atoms with Crippen LogP contribution in [0.1, 0.15) is 0 Å². The van der Waals surface area contributed by atoms with Gasteiger partial charge in [0.1, 0.15) is 0 Å². The summed E-state index contributed by atoms with van der Waals surface area (Å²) in [7, 11) is 0. The zero-order chi connectivity index (χ0) is 12.8. The van der Waals surface area contributed by atoms with Crippen LogP contribution < -0.4 is 15.0 Å². The van der Waals surface area contributed by atoms with Crippen LogP contribution >= 0.6 is 0 Å². The summed E-state index contributed by atoms with van der Waals surface area (Å²) in [4.78, 5) is 15.7. The number of benzene rings is 1. The first-order valence-corrected chi connectivity index (χ1v) is 7.60. The number of hydrogen-bond donors (Lipinski definition) is 2. The SMILES string of the molecule is C=[As]c1ccc(NC(=O)Nc2ccccn2)cc1. The molecule has 0 unspecified atom stereocenters. The van der Waals surface area contributed by atoms with Crippen molar-refractivity contribution < 1.29 is 4.79 Å². The number of rotatable bonds is 3. The van der Waals surface area contributed by atoms with Gasteiger partial charge in [0.2, 0.25) is 0 Å². The Morgan fingerprint density at radius 1 is 1.11 bits per heavy atom. The predicted octanol–water partition coefficient (Wildman–Crippen LogP) is 1.49. The second kappa shape index (κ2) is 6.12. The third-order valence-corrected chi connectivity index (χ3v) is 3.61. The van der Waals surface area contributed by atoms with Crippen LogP contribution in [-0.4, -0.2) is 31.6 Å². The Labute approximate surface area is 112 Å². The molecule has 4 nitrogen and oxygen atoms in total. The topological polar surface area (TPSA) is 54.0 Å². The molecule has 0 saturated heterocycles. The molecule has 0 radical (unpaired) electrons. The summed E-state index contributed by atoms with van der Waals surface area (Å²) in [5, 5.41) is 9.28. The Morgan fingerprint density at radius 2 is 1.89 bits per heavy atom. The number of amides is 2. The van der Waals surface area contributed by atoms with Gasteiger partial charge >= 0.3 is 112 Å². The number of urea groups is 1. The molecular formula is C13H12AsN3O. The van der Waals surface area contributed by atoms with Crippen LogP contribution in [0.3, 0.4) is 0 Å². The average Bonchev–Trinajstić information content (AvgIpc) is 2.40. The van der Waals surface area contributed by atoms with Crippen molar-refractivity contribution in [1.82, 2.24) is 4.98 Å². The van der Waals surface area contributed by atoms with Gasteiger partial charge in [-0.3, -0.25) is 0 Å². The molecule has 90 valence electrons. The van der Waals surface area contributed by atoms with Gasteiger partial charge in [-0.1, -0.05) is 0 Å². The first kappa shape index (κ1) is 12.5. The fourth-order valence-electron chi connectivity index (χ4n) is 1.37. The van der Waals surface area contributed by atoms with Gasteiger partial charge in [0.25, 0.3) is 0 Å². The van der Waals surface area contributed by atoms with E-state index in [4.69, 9.17) is 0 Å². The van der Waals surface area contributed by atoms with Crippen molar-refractivity contribution in [2.24, 2.45) is 0 Å². The summed E-state index contributed by atoms with van der Waals surface area (Å²) in [6.07, 6.45) is 1.63. The van der Waals surface area contributed by atoms with Gasteiger partial charge in [-0.05, 0) is 0 Å². The molecule has 1 heterocycles. The van der Waals surface area contributed by atoms with E-state index >= 15 is 0 Å². The molecule has 0 aliphatic heterocycles. The summed E-state index contributed by atoms with van der Waals surface area (Å²) in [5.41, 5.74) is 0.752. The molecule has 2 amide bonds. The molecule has 2 rings (SSSR count). The first-order chi connectivity index (χ1) is 8.78. The number of pyridine rings is 1. The van der Waals surface area contributed by atoms with Crippen molar-refractivity contribution in [3.63, 3.8) is 0 Å². The van der Waals surface area contributed by atoms with Gasteiger partial charge in [-0.2, -0.15) is 0 Å². The molecule has 2 N–H and O–H groups in total. The zero-order valence-electron chi connectivity index (χ0n) is 9.63. The molecule has 0 atom stereocenters. The minimum absolute atomic E-state index is 0.0219. The second-order valence-corrected chi connectivity index (χ2v) is 5.25. The van der Waals surface area contributed by atoms with Crippen LogP contribution in [0.4, 0.5) is 16.3 Å². The Balaban J connectivity index is 1.96. The van der Waals surface area contributed by atoms with Crippen LogP contribution in [0.5, 0.6) is 0 Å². The maximum atomic E-state index is 11.7. The molecule has 0 saturated carbocycles. The number of carbonyl (C=O) groups is 1. The first-order valence-electron chi connectivity index (χ1n) is 5.34. The van der Waals surface area contributed by atoms with E-state index < -0.39 is 0 Å². The molecule has 1 aromatic heterocycles. The molecule has 18 heavy (non-hydrogen) atoms. The van der Waals surface area contributed by atoms with Crippen molar-refractivity contribution in [2.75, 3.05) is 10.6 Å². The quantitative estimate of drug-likeness (QED) is 0.844. The van der Waals surface area contributed by atoms with Gasteiger partial charge in [-0.15, -0.1) is 0 Å². The molecule has 0 aliphatic carbocycles. The number of nitrogens with zero attached hydrogens (tertiary/aromatic N) is 1. The third-order valence-electron chi connectivity index (χ3n) is 2.21. The predicted molar refractivity (Wildman–Crippen MR) is 75.8 cm³/mol. The Kier molecular flexibility index (Phi) is 4.26. The van der Waals surface area contributed by atoms with Gasteiger partial charge < -0.3 is 0 Å². The van der Waals surface area contributed by atoms with Crippen LogP contribution in [0.2, 0.25) is 0 Å². The van der Waals surface area contributed by atoms with Gasteiger partial charge in [-0.25, -0.2) is 0 Å². The van der Waals surface area contributed by atoms with E-state index in [2.05, 4.69) is 20.9 Å². The fourth-order valence-corrected chi connectivity index (χ4v) is 2.12. The number of anilines is 2. The van der Waals surface area contributed by atoms with Crippen molar-refractivity contribution >= 4 is 42.5 Å². The van der Waals surface area contributed by atoms with Crippen molar-refractivity contribution in [1.29, 1.82) is 0 Å².